The second-order valence-electron chi connectivity index (χ2n) is 10.4. The molecule has 2 aromatic carbocycles. The minimum absolute atomic E-state index is 0.000897. The van der Waals surface area contributed by atoms with Gasteiger partial charge in [-0.2, -0.15) is 4.31 Å². The Morgan fingerprint density at radius 1 is 1.00 bits per heavy atom. The first-order chi connectivity index (χ1) is 18.7. The molecule has 0 saturated carbocycles. The first-order valence-corrected chi connectivity index (χ1v) is 15.6. The second kappa shape index (κ2) is 11.8. The van der Waals surface area contributed by atoms with Crippen LogP contribution in [-0.4, -0.2) is 54.2 Å². The number of aromatic nitrogens is 2. The van der Waals surface area contributed by atoms with Crippen molar-refractivity contribution >= 4 is 37.7 Å². The van der Waals surface area contributed by atoms with Crippen molar-refractivity contribution < 1.29 is 17.6 Å². The van der Waals surface area contributed by atoms with E-state index in [9.17, 15) is 17.6 Å². The lowest BCUT2D eigenvalue weighted by Gasteiger charge is -2.30. The molecule has 3 heterocycles. The van der Waals surface area contributed by atoms with Crippen LogP contribution in [0.3, 0.4) is 0 Å². The van der Waals surface area contributed by atoms with Crippen LogP contribution in [0.1, 0.15) is 44.7 Å². The number of hydrogen-bond donors (Lipinski definition) is 0. The number of hydrogen-bond acceptors (Lipinski definition) is 6. The lowest BCUT2D eigenvalue weighted by Crippen LogP contribution is -2.40. The molecular formula is C29H32BrFN4O3S. The summed E-state index contributed by atoms with van der Waals surface area (Å²) in [5, 5.41) is 0. The topological polar surface area (TPSA) is 83.5 Å². The van der Waals surface area contributed by atoms with Crippen molar-refractivity contribution in [2.75, 3.05) is 24.5 Å². The number of anilines is 1. The van der Waals surface area contributed by atoms with E-state index in [1.165, 1.54) is 16.4 Å². The highest BCUT2D eigenvalue weighted by molar-refractivity contribution is 9.10. The molecule has 0 N–H and O–H groups in total. The van der Waals surface area contributed by atoms with Crippen LogP contribution in [0, 0.1) is 11.7 Å². The lowest BCUT2D eigenvalue weighted by molar-refractivity contribution is -0.122. The van der Waals surface area contributed by atoms with Gasteiger partial charge in [0, 0.05) is 41.8 Å². The molecule has 0 spiro atoms. The average molecular weight is 616 g/mol. The predicted octanol–water partition coefficient (Wildman–Crippen LogP) is 5.64. The zero-order valence-electron chi connectivity index (χ0n) is 21.9. The Kier molecular flexibility index (Phi) is 8.44. The molecule has 1 aromatic heterocycles. The van der Waals surface area contributed by atoms with E-state index in [0.29, 0.717) is 31.1 Å². The van der Waals surface area contributed by atoms with Crippen molar-refractivity contribution in [2.45, 2.75) is 56.4 Å². The predicted molar refractivity (Wildman–Crippen MR) is 152 cm³/mol. The van der Waals surface area contributed by atoms with Gasteiger partial charge in [-0.15, -0.1) is 0 Å². The molecule has 39 heavy (non-hydrogen) atoms. The van der Waals surface area contributed by atoms with Crippen LogP contribution in [0.25, 0.3) is 11.3 Å². The molecule has 5 rings (SSSR count). The Hall–Kier alpha value is -2.69. The maximum absolute atomic E-state index is 13.4. The van der Waals surface area contributed by atoms with Gasteiger partial charge in [-0.05, 0) is 80.5 Å². The van der Waals surface area contributed by atoms with Gasteiger partial charge in [0.05, 0.1) is 16.6 Å². The Morgan fingerprint density at radius 2 is 1.69 bits per heavy atom. The summed E-state index contributed by atoms with van der Waals surface area (Å²) < 4.78 is 42.1. The normalized spacial score (nSPS) is 18.9. The summed E-state index contributed by atoms with van der Waals surface area (Å²) in [7, 11) is -3.89. The van der Waals surface area contributed by atoms with Crippen LogP contribution in [0.15, 0.2) is 64.0 Å². The largest absolute Gasteiger partial charge is 0.341 e. The van der Waals surface area contributed by atoms with E-state index in [4.69, 9.17) is 9.97 Å². The van der Waals surface area contributed by atoms with Gasteiger partial charge in [0.15, 0.2) is 5.78 Å². The van der Waals surface area contributed by atoms with E-state index in [-0.39, 0.29) is 23.6 Å². The molecule has 0 radical (unpaired) electrons. The number of piperidine rings is 1. The standard InChI is InChI=1S/C29H32BrFN4O3S/c1-20-14-17-34(18-15-20)29-32-24(19-26(33-29)21-4-6-22(30)7-5-21)10-13-28(36)27-3-2-16-35(27)39(37,38)25-11-8-23(31)9-12-25/h4-9,11-12,19-20,27H,2-3,10,13-18H2,1H3/t27-/m0/s1. The number of ketones is 1. The third kappa shape index (κ3) is 6.39. The molecule has 2 saturated heterocycles. The molecule has 7 nitrogen and oxygen atoms in total. The SMILES string of the molecule is CC1CCN(c2nc(CCC(=O)[C@@H]3CCCN3S(=O)(=O)c3ccc(F)cc3)cc(-c3ccc(Br)cc3)n2)CC1. The maximum Gasteiger partial charge on any atom is 0.243 e. The molecule has 0 amide bonds. The zero-order valence-corrected chi connectivity index (χ0v) is 24.3. The molecule has 10 heteroatoms. The number of benzene rings is 2. The van der Waals surface area contributed by atoms with Gasteiger partial charge in [0.2, 0.25) is 16.0 Å². The van der Waals surface area contributed by atoms with E-state index in [0.717, 1.165) is 59.5 Å². The first-order valence-electron chi connectivity index (χ1n) is 13.4. The number of sulfonamides is 1. The van der Waals surface area contributed by atoms with Gasteiger partial charge in [0.1, 0.15) is 5.82 Å². The summed E-state index contributed by atoms with van der Waals surface area (Å²) in [4.78, 5) is 25.3. The molecule has 1 atom stereocenters. The van der Waals surface area contributed by atoms with Gasteiger partial charge < -0.3 is 4.90 Å². The summed E-state index contributed by atoms with van der Waals surface area (Å²) in [5.74, 6) is 0.712. The number of carbonyl (C=O) groups excluding carboxylic acids is 1. The second-order valence-corrected chi connectivity index (χ2v) is 13.2. The average Bonchev–Trinajstić information content (AvgIpc) is 3.44. The third-order valence-corrected chi connectivity index (χ3v) is 10.0. The van der Waals surface area contributed by atoms with E-state index < -0.39 is 21.9 Å². The van der Waals surface area contributed by atoms with Gasteiger partial charge >= 0.3 is 0 Å². The van der Waals surface area contributed by atoms with Crippen LogP contribution in [0.2, 0.25) is 0 Å². The Labute approximate surface area is 237 Å². The van der Waals surface area contributed by atoms with Crippen molar-refractivity contribution in [1.82, 2.24) is 14.3 Å². The van der Waals surface area contributed by atoms with Crippen LogP contribution >= 0.6 is 15.9 Å². The van der Waals surface area contributed by atoms with Crippen LogP contribution < -0.4 is 4.90 Å². The lowest BCUT2D eigenvalue weighted by atomic mass is 9.99. The fourth-order valence-electron chi connectivity index (χ4n) is 5.24. The molecule has 2 aliphatic rings. The summed E-state index contributed by atoms with van der Waals surface area (Å²) in [6, 6.07) is 13.9. The van der Waals surface area contributed by atoms with Crippen molar-refractivity contribution in [3.05, 3.63) is 70.6 Å². The molecule has 0 unspecified atom stereocenters. The van der Waals surface area contributed by atoms with E-state index in [1.807, 2.05) is 30.3 Å². The quantitative estimate of drug-likeness (QED) is 0.327. The van der Waals surface area contributed by atoms with Crippen molar-refractivity contribution in [3.8, 4) is 11.3 Å². The van der Waals surface area contributed by atoms with Gasteiger partial charge in [-0.25, -0.2) is 22.8 Å². The smallest absolute Gasteiger partial charge is 0.243 e. The van der Waals surface area contributed by atoms with E-state index in [1.54, 1.807) is 0 Å². The van der Waals surface area contributed by atoms with Crippen molar-refractivity contribution in [1.29, 1.82) is 0 Å². The highest BCUT2D eigenvalue weighted by Gasteiger charge is 2.39. The number of aryl methyl sites for hydroxylation is 1. The molecular weight excluding hydrogens is 583 g/mol. The molecule has 0 aliphatic carbocycles. The number of nitrogens with zero attached hydrogens (tertiary/aromatic N) is 4. The summed E-state index contributed by atoms with van der Waals surface area (Å²) in [6.45, 7) is 4.31. The molecule has 0 bridgehead atoms. The van der Waals surface area contributed by atoms with Gasteiger partial charge in [-0.3, -0.25) is 4.79 Å². The molecule has 2 aliphatic heterocycles. The maximum atomic E-state index is 13.4. The van der Waals surface area contributed by atoms with Crippen molar-refractivity contribution in [2.24, 2.45) is 5.92 Å². The molecule has 3 aromatic rings. The zero-order chi connectivity index (χ0) is 27.6. The number of Topliss-reactive ketones (excluding diaryl/α,β-unsaturated/α-hetero) is 1. The minimum Gasteiger partial charge on any atom is -0.341 e. The van der Waals surface area contributed by atoms with Gasteiger partial charge in [-0.1, -0.05) is 35.0 Å². The summed E-state index contributed by atoms with van der Waals surface area (Å²) >= 11 is 3.48. The number of rotatable bonds is 8. The van der Waals surface area contributed by atoms with Crippen LogP contribution in [0.4, 0.5) is 10.3 Å². The minimum atomic E-state index is -3.89. The van der Waals surface area contributed by atoms with E-state index in [2.05, 4.69) is 27.8 Å². The van der Waals surface area contributed by atoms with Crippen LogP contribution in [-0.2, 0) is 21.2 Å². The third-order valence-electron chi connectivity index (χ3n) is 7.60. The fraction of sp³-hybridized carbons (Fsp3) is 0.414. The number of carbonyl (C=O) groups is 1. The number of halogens is 2. The highest BCUT2D eigenvalue weighted by atomic mass is 79.9. The van der Waals surface area contributed by atoms with E-state index >= 15 is 0 Å². The Balaban J connectivity index is 1.35. The Bertz CT molecular complexity index is 1430. The van der Waals surface area contributed by atoms with Crippen molar-refractivity contribution in [3.63, 3.8) is 0 Å². The summed E-state index contributed by atoms with van der Waals surface area (Å²) in [6.07, 6.45) is 3.82. The first kappa shape index (κ1) is 27.9. The van der Waals surface area contributed by atoms with Crippen LogP contribution in [0.5, 0.6) is 0 Å². The fourth-order valence-corrected chi connectivity index (χ4v) is 7.18. The molecule has 2 fully saturated rings. The highest BCUT2D eigenvalue weighted by Crippen LogP contribution is 2.29. The Morgan fingerprint density at radius 3 is 2.38 bits per heavy atom. The van der Waals surface area contributed by atoms with Gasteiger partial charge in [0.25, 0.3) is 0 Å². The molecule has 206 valence electrons. The monoisotopic (exact) mass is 614 g/mol. The summed E-state index contributed by atoms with van der Waals surface area (Å²) in [5.41, 5.74) is 2.53.